The molecule has 1 amide bonds. The standard InChI is InChI=1S/C14H16F3N5O.C10H10F3N5.C8H17NO2.C7H3F3N4O.2C7H5F3N4.ClH/c1-2-3-9-6-11(23)21(7-9)8-10-4-5-18-22-12(10)19-20-13(22)14(15,16)17;1-17(2)6-4-7-3-5-14-18-8(7)15-16-9(18)10(11,12)13;1-3-4-7(6-9)5-8(10)11-2;8-7(9,10)6-13-12-5-4(3-15)1-2-11-14(5)6;1-4-2-5-12-13-6(7(8,9)10)14(5)11-3-4;1-4-2-3-11-14-5(4)12-13-6(14)7(8,9)10;/h4-5,9H,2-3,6-8H2,1H3;3-6H,1-2H3;7H,3-6,9H2,1-2H3;1-3H;2*2-3H,1H3;1H/b;6-4+;;;;;. The van der Waals surface area contributed by atoms with Crippen molar-refractivity contribution in [3.8, 4) is 0 Å². The average molecular weight is 1400 g/mol. The van der Waals surface area contributed by atoms with E-state index < -0.39 is 60.0 Å². The second-order valence-electron chi connectivity index (χ2n) is 20.5. The summed E-state index contributed by atoms with van der Waals surface area (Å²) in [6.45, 7) is 8.93. The van der Waals surface area contributed by atoms with Gasteiger partial charge >= 0.3 is 36.9 Å². The van der Waals surface area contributed by atoms with E-state index in [0.29, 0.717) is 83.3 Å². The Hall–Kier alpha value is -9.90. The number of aromatic nitrogens is 20. The fourth-order valence-electron chi connectivity index (χ4n) is 8.61. The van der Waals surface area contributed by atoms with Crippen molar-refractivity contribution in [3.63, 3.8) is 0 Å². The Balaban J connectivity index is 0.000000211. The predicted octanol–water partition coefficient (Wildman–Crippen LogP) is 9.17. The summed E-state index contributed by atoms with van der Waals surface area (Å²) in [5.74, 6) is -5.27. The third kappa shape index (κ3) is 19.8. The maximum atomic E-state index is 12.9. The summed E-state index contributed by atoms with van der Waals surface area (Å²) in [7, 11) is 5.02. The number of halogens is 16. The molecule has 10 aromatic heterocycles. The average Bonchev–Trinajstić information content (AvgIpc) is 1.66. The van der Waals surface area contributed by atoms with Crippen molar-refractivity contribution in [1.82, 2.24) is 109 Å². The van der Waals surface area contributed by atoms with E-state index in [4.69, 9.17) is 5.73 Å². The first kappa shape index (κ1) is 76.8. The molecule has 2 unspecified atom stereocenters. The van der Waals surface area contributed by atoms with Gasteiger partial charge in [0.25, 0.3) is 29.1 Å². The van der Waals surface area contributed by atoms with Crippen LogP contribution in [0.25, 0.3) is 34.3 Å². The fourth-order valence-corrected chi connectivity index (χ4v) is 8.61. The largest absolute Gasteiger partial charge is 0.469 e. The van der Waals surface area contributed by atoms with Crippen LogP contribution in [-0.2, 0) is 51.8 Å². The maximum Gasteiger partial charge on any atom is 0.453 e. The van der Waals surface area contributed by atoms with Gasteiger partial charge in [-0.05, 0) is 98.8 Å². The molecule has 2 N–H and O–H groups in total. The molecule has 0 saturated carbocycles. The molecular weight excluding hydrogens is 1340 g/mol. The monoisotopic (exact) mass is 1400 g/mol. The molecule has 0 bridgehead atoms. The Morgan fingerprint density at radius 3 is 1.55 bits per heavy atom. The zero-order valence-corrected chi connectivity index (χ0v) is 52.0. The highest BCUT2D eigenvalue weighted by atomic mass is 35.5. The van der Waals surface area contributed by atoms with E-state index in [1.807, 2.05) is 0 Å². The van der Waals surface area contributed by atoms with E-state index >= 15 is 0 Å². The van der Waals surface area contributed by atoms with Gasteiger partial charge in [0.2, 0.25) is 5.91 Å². The van der Waals surface area contributed by atoms with E-state index in [1.54, 1.807) is 68.2 Å². The highest BCUT2D eigenvalue weighted by molar-refractivity contribution is 5.85. The number of fused-ring (bicyclic) bond motifs is 5. The SMILES string of the molecule is CCCC(CN)CC(=O)OC.CCCC1CC(=O)N(Cc2ccnn3c(C(F)(F)F)nnc23)C1.CN(C)/C=C/c1ccnn2c(C(F)(F)F)nnc12.Cc1ccnn2c(C(F)(F)F)nnc12.Cc1cnn2c(C(F)(F)F)nnc2c1.Cl.O=Cc1ccnn2c(C(F)(F)F)nnc12. The summed E-state index contributed by atoms with van der Waals surface area (Å²) < 4.78 is 195. The lowest BCUT2D eigenvalue weighted by Crippen LogP contribution is -2.25. The van der Waals surface area contributed by atoms with Gasteiger partial charge in [0.15, 0.2) is 34.5 Å². The molecule has 96 heavy (non-hydrogen) atoms. The zero-order valence-electron chi connectivity index (χ0n) is 51.2. The van der Waals surface area contributed by atoms with Crippen LogP contribution in [0.15, 0.2) is 67.5 Å². The highest BCUT2D eigenvalue weighted by Crippen LogP contribution is 2.33. The van der Waals surface area contributed by atoms with Gasteiger partial charge in [-0.3, -0.25) is 14.4 Å². The smallest absolute Gasteiger partial charge is 0.453 e. The van der Waals surface area contributed by atoms with Crippen molar-refractivity contribution < 1.29 is 85.0 Å². The number of hydrogen-bond acceptors (Lipinski definition) is 21. The number of nitrogens with two attached hydrogens (primary N) is 1. The second kappa shape index (κ2) is 32.5. The molecule has 1 aliphatic heterocycles. The van der Waals surface area contributed by atoms with E-state index in [-0.39, 0.29) is 64.6 Å². The predicted molar refractivity (Wildman–Crippen MR) is 306 cm³/mol. The summed E-state index contributed by atoms with van der Waals surface area (Å²) in [6.07, 6.45) is -7.92. The number of methoxy groups -OCH3 is 1. The Morgan fingerprint density at radius 2 is 1.07 bits per heavy atom. The molecular formula is C53H57ClF15N23O4. The lowest BCUT2D eigenvalue weighted by atomic mass is 10.0. The molecule has 2 atom stereocenters. The van der Waals surface area contributed by atoms with E-state index in [2.05, 4.69) is 95.1 Å². The Labute approximate surface area is 537 Å². The van der Waals surface area contributed by atoms with Crippen molar-refractivity contribution in [2.24, 2.45) is 17.6 Å². The van der Waals surface area contributed by atoms with Crippen LogP contribution in [0.4, 0.5) is 65.9 Å². The number of ether oxygens (including phenoxy) is 1. The van der Waals surface area contributed by atoms with E-state index in [9.17, 15) is 80.2 Å². The summed E-state index contributed by atoms with van der Waals surface area (Å²) in [4.78, 5) is 36.7. The number of amides is 1. The zero-order chi connectivity index (χ0) is 70.4. The molecule has 0 spiro atoms. The van der Waals surface area contributed by atoms with Crippen molar-refractivity contribution in [3.05, 3.63) is 124 Å². The number of aryl methyl sites for hydroxylation is 2. The Bertz CT molecular complexity index is 4240. The first-order valence-electron chi connectivity index (χ1n) is 27.7. The van der Waals surface area contributed by atoms with Gasteiger partial charge in [0.1, 0.15) is 0 Å². The van der Waals surface area contributed by atoms with Gasteiger partial charge in [-0.1, -0.05) is 26.7 Å². The molecule has 1 fully saturated rings. The maximum absolute atomic E-state index is 12.9. The lowest BCUT2D eigenvalue weighted by Gasteiger charge is -2.16. The highest BCUT2D eigenvalue weighted by Gasteiger charge is 2.42. The minimum atomic E-state index is -4.64. The molecule has 0 aliphatic carbocycles. The molecule has 43 heteroatoms. The quantitative estimate of drug-likeness (QED) is 0.0676. The third-order valence-electron chi connectivity index (χ3n) is 13.0. The normalized spacial score (nSPS) is 13.8. The number of esters is 1. The topological polar surface area (TPSA) is 308 Å². The van der Waals surface area contributed by atoms with Gasteiger partial charge in [-0.15, -0.1) is 63.4 Å². The number of nitrogens with zero attached hydrogens (tertiary/aromatic N) is 22. The molecule has 27 nitrogen and oxygen atoms in total. The number of aldehydes is 1. The number of rotatable bonds is 12. The van der Waals surface area contributed by atoms with Crippen LogP contribution < -0.4 is 5.73 Å². The first-order valence-corrected chi connectivity index (χ1v) is 27.7. The van der Waals surface area contributed by atoms with Crippen LogP contribution in [0.5, 0.6) is 0 Å². The number of likely N-dealkylation sites (tertiary alicyclic amines) is 1. The van der Waals surface area contributed by atoms with Crippen molar-refractivity contribution in [2.45, 2.75) is 104 Å². The Morgan fingerprint density at radius 1 is 0.625 bits per heavy atom. The van der Waals surface area contributed by atoms with E-state index in [1.165, 1.54) is 44.0 Å². The minimum absolute atomic E-state index is 0. The number of hydrogen-bond donors (Lipinski definition) is 1. The van der Waals surface area contributed by atoms with Crippen molar-refractivity contribution >= 4 is 64.9 Å². The van der Waals surface area contributed by atoms with Gasteiger partial charge in [-0.2, -0.15) is 114 Å². The van der Waals surface area contributed by atoms with Gasteiger partial charge < -0.3 is 20.3 Å². The number of carbonyl (C=O) groups is 3. The summed E-state index contributed by atoms with van der Waals surface area (Å²) >= 11 is 0. The second-order valence-corrected chi connectivity index (χ2v) is 20.5. The van der Waals surface area contributed by atoms with Crippen LogP contribution in [0.2, 0.25) is 0 Å². The molecule has 0 radical (unpaired) electrons. The van der Waals surface area contributed by atoms with Gasteiger partial charge in [0.05, 0.1) is 18.9 Å². The minimum Gasteiger partial charge on any atom is -0.469 e. The molecule has 11 heterocycles. The summed E-state index contributed by atoms with van der Waals surface area (Å²) in [5.41, 5.74) is 7.94. The van der Waals surface area contributed by atoms with Crippen LogP contribution in [-0.4, -0.2) is 161 Å². The van der Waals surface area contributed by atoms with Gasteiger partial charge in [-0.25, -0.2) is 0 Å². The van der Waals surface area contributed by atoms with Gasteiger partial charge in [0, 0.05) is 75.9 Å². The summed E-state index contributed by atoms with van der Waals surface area (Å²) in [5, 5.41) is 50.4. The molecule has 1 saturated heterocycles. The Kier molecular flexibility index (Phi) is 26.0. The van der Waals surface area contributed by atoms with E-state index in [0.717, 1.165) is 37.4 Å². The number of carbonyl (C=O) groups excluding carboxylic acids is 3. The fraction of sp³-hybridized carbons (Fsp3) is 0.434. The lowest BCUT2D eigenvalue weighted by molar-refractivity contribution is -0.147. The van der Waals surface area contributed by atoms with Crippen LogP contribution >= 0.6 is 12.4 Å². The third-order valence-corrected chi connectivity index (χ3v) is 13.0. The van der Waals surface area contributed by atoms with Crippen LogP contribution in [0, 0.1) is 25.7 Å². The van der Waals surface area contributed by atoms with Crippen molar-refractivity contribution in [1.29, 1.82) is 0 Å². The molecule has 0 aromatic carbocycles. The van der Waals surface area contributed by atoms with Crippen molar-refractivity contribution in [2.75, 3.05) is 34.3 Å². The van der Waals surface area contributed by atoms with Crippen LogP contribution in [0.1, 0.15) is 114 Å². The molecule has 520 valence electrons. The molecule has 10 aromatic rings. The molecule has 11 rings (SSSR count). The first-order chi connectivity index (χ1) is 44.5. The summed E-state index contributed by atoms with van der Waals surface area (Å²) in [6, 6.07) is 7.46. The molecule has 1 aliphatic rings. The van der Waals surface area contributed by atoms with Crippen LogP contribution in [0.3, 0.4) is 0 Å². The number of alkyl halides is 15.